The molecule has 3 rings (SSSR count). The Labute approximate surface area is 206 Å². The van der Waals surface area contributed by atoms with Gasteiger partial charge in [0.25, 0.3) is 5.91 Å². The highest BCUT2D eigenvalue weighted by Gasteiger charge is 2.30. The molecule has 0 aliphatic rings. The van der Waals surface area contributed by atoms with E-state index in [9.17, 15) is 14.0 Å². The average Bonchev–Trinajstić information content (AvgIpc) is 2.87. The van der Waals surface area contributed by atoms with E-state index in [2.05, 4.69) is 5.32 Å². The fraction of sp³-hybridized carbons (Fsp3) is 0.310. The van der Waals surface area contributed by atoms with Crippen LogP contribution in [0.5, 0.6) is 5.75 Å². The van der Waals surface area contributed by atoms with Crippen molar-refractivity contribution in [1.82, 2.24) is 10.2 Å². The van der Waals surface area contributed by atoms with Crippen LogP contribution in [0.2, 0.25) is 0 Å². The van der Waals surface area contributed by atoms with Crippen molar-refractivity contribution in [1.29, 1.82) is 0 Å². The molecule has 1 N–H and O–H groups in total. The topological polar surface area (TPSA) is 58.6 Å². The molecule has 35 heavy (non-hydrogen) atoms. The van der Waals surface area contributed by atoms with E-state index in [1.165, 1.54) is 17.0 Å². The fourth-order valence-electron chi connectivity index (χ4n) is 3.81. The number of hydrogen-bond acceptors (Lipinski definition) is 3. The van der Waals surface area contributed by atoms with E-state index >= 15 is 0 Å². The van der Waals surface area contributed by atoms with Gasteiger partial charge in [-0.05, 0) is 60.7 Å². The van der Waals surface area contributed by atoms with E-state index in [4.69, 9.17) is 4.74 Å². The second-order valence-electron chi connectivity index (χ2n) is 8.63. The fourth-order valence-corrected chi connectivity index (χ4v) is 3.81. The summed E-state index contributed by atoms with van der Waals surface area (Å²) in [6.45, 7) is 6.37. The number of ether oxygens (including phenoxy) is 1. The lowest BCUT2D eigenvalue weighted by molar-refractivity contribution is -0.142. The Bertz CT molecular complexity index is 1120. The van der Waals surface area contributed by atoms with Crippen LogP contribution in [0, 0.1) is 19.7 Å². The zero-order valence-electron chi connectivity index (χ0n) is 20.6. The van der Waals surface area contributed by atoms with Crippen molar-refractivity contribution < 1.29 is 18.7 Å². The number of carbonyl (C=O) groups is 2. The van der Waals surface area contributed by atoms with Crippen molar-refractivity contribution in [2.75, 3.05) is 13.2 Å². The highest BCUT2D eigenvalue weighted by Crippen LogP contribution is 2.21. The molecule has 1 atom stereocenters. The smallest absolute Gasteiger partial charge is 0.261 e. The molecule has 0 fully saturated rings. The first-order valence-electron chi connectivity index (χ1n) is 11.9. The number of halogens is 1. The third kappa shape index (κ3) is 7.41. The monoisotopic (exact) mass is 476 g/mol. The van der Waals surface area contributed by atoms with Gasteiger partial charge in [-0.1, -0.05) is 61.5 Å². The normalized spacial score (nSPS) is 11.5. The molecule has 0 aliphatic heterocycles. The average molecular weight is 477 g/mol. The molecule has 3 aromatic rings. The highest BCUT2D eigenvalue weighted by molar-refractivity contribution is 5.88. The van der Waals surface area contributed by atoms with Gasteiger partial charge in [0.05, 0.1) is 0 Å². The van der Waals surface area contributed by atoms with Crippen LogP contribution in [-0.2, 0) is 22.6 Å². The minimum Gasteiger partial charge on any atom is -0.483 e. The molecule has 0 bridgehead atoms. The quantitative estimate of drug-likeness (QED) is 0.424. The van der Waals surface area contributed by atoms with Crippen LogP contribution in [0.1, 0.15) is 35.6 Å². The summed E-state index contributed by atoms with van der Waals surface area (Å²) in [5.74, 6) is -0.262. The Kier molecular flexibility index (Phi) is 9.41. The summed E-state index contributed by atoms with van der Waals surface area (Å²) in [5, 5.41) is 2.94. The van der Waals surface area contributed by atoms with Crippen LogP contribution < -0.4 is 10.1 Å². The molecule has 0 spiro atoms. The molecule has 2 amide bonds. The number of benzene rings is 3. The Morgan fingerprint density at radius 1 is 0.943 bits per heavy atom. The zero-order chi connectivity index (χ0) is 25.2. The van der Waals surface area contributed by atoms with E-state index in [-0.39, 0.29) is 30.8 Å². The third-order valence-electron chi connectivity index (χ3n) is 5.99. The van der Waals surface area contributed by atoms with Crippen LogP contribution >= 0.6 is 0 Å². The first kappa shape index (κ1) is 25.9. The Hall–Kier alpha value is -3.67. The van der Waals surface area contributed by atoms with E-state index in [1.54, 1.807) is 12.1 Å². The molecule has 0 saturated carbocycles. The molecule has 184 valence electrons. The second kappa shape index (κ2) is 12.7. The van der Waals surface area contributed by atoms with Gasteiger partial charge in [0.15, 0.2) is 6.61 Å². The zero-order valence-corrected chi connectivity index (χ0v) is 20.6. The Morgan fingerprint density at radius 3 is 2.34 bits per heavy atom. The summed E-state index contributed by atoms with van der Waals surface area (Å²) in [7, 11) is 0. The number of carbonyl (C=O) groups excluding carboxylic acids is 2. The van der Waals surface area contributed by atoms with Gasteiger partial charge < -0.3 is 15.0 Å². The standard InChI is InChI=1S/C29H33FN2O3/c1-4-17-31-29(34)26(18-23-10-6-5-7-11-23)32(19-24-13-15-25(30)16-14-24)28(33)20-35-27-12-8-9-21(2)22(27)3/h5-16,26H,4,17-20H2,1-3H3,(H,31,34)/t26-/m0/s1. The highest BCUT2D eigenvalue weighted by atomic mass is 19.1. The number of amides is 2. The lowest BCUT2D eigenvalue weighted by Crippen LogP contribution is -2.51. The van der Waals surface area contributed by atoms with Crippen LogP contribution in [0.4, 0.5) is 4.39 Å². The second-order valence-corrected chi connectivity index (χ2v) is 8.63. The molecular weight excluding hydrogens is 443 g/mol. The maximum Gasteiger partial charge on any atom is 0.261 e. The van der Waals surface area contributed by atoms with E-state index in [1.807, 2.05) is 69.3 Å². The molecular formula is C29H33FN2O3. The Morgan fingerprint density at radius 2 is 1.66 bits per heavy atom. The van der Waals surface area contributed by atoms with Gasteiger partial charge in [-0.25, -0.2) is 4.39 Å². The SMILES string of the molecule is CCCNC(=O)[C@H](Cc1ccccc1)N(Cc1ccc(F)cc1)C(=O)COc1cccc(C)c1C. The number of aryl methyl sites for hydroxylation is 1. The summed E-state index contributed by atoms with van der Waals surface area (Å²) in [6.07, 6.45) is 1.14. The summed E-state index contributed by atoms with van der Waals surface area (Å²) in [5.41, 5.74) is 3.70. The maximum atomic E-state index is 13.5. The molecule has 6 heteroatoms. The Balaban J connectivity index is 1.90. The molecule has 0 unspecified atom stereocenters. The van der Waals surface area contributed by atoms with Gasteiger partial charge in [0, 0.05) is 19.5 Å². The molecule has 0 aliphatic carbocycles. The summed E-state index contributed by atoms with van der Waals surface area (Å²) < 4.78 is 19.4. The molecule has 3 aromatic carbocycles. The number of nitrogens with one attached hydrogen (secondary N) is 1. The number of rotatable bonds is 11. The first-order valence-corrected chi connectivity index (χ1v) is 11.9. The van der Waals surface area contributed by atoms with E-state index in [0.29, 0.717) is 18.7 Å². The summed E-state index contributed by atoms with van der Waals surface area (Å²) in [6, 6.07) is 20.5. The molecule has 0 radical (unpaired) electrons. The first-order chi connectivity index (χ1) is 16.9. The van der Waals surface area contributed by atoms with Gasteiger partial charge in [-0.15, -0.1) is 0 Å². The van der Waals surface area contributed by atoms with Crippen LogP contribution in [0.15, 0.2) is 72.8 Å². The van der Waals surface area contributed by atoms with Gasteiger partial charge >= 0.3 is 0 Å². The van der Waals surface area contributed by atoms with Crippen molar-refractivity contribution in [3.63, 3.8) is 0 Å². The molecule has 0 saturated heterocycles. The van der Waals surface area contributed by atoms with Crippen LogP contribution in [0.25, 0.3) is 0 Å². The van der Waals surface area contributed by atoms with Crippen molar-refractivity contribution >= 4 is 11.8 Å². The van der Waals surface area contributed by atoms with Gasteiger partial charge in [0.1, 0.15) is 17.6 Å². The molecule has 0 heterocycles. The van der Waals surface area contributed by atoms with Crippen molar-refractivity contribution in [2.45, 2.75) is 46.2 Å². The summed E-state index contributed by atoms with van der Waals surface area (Å²) in [4.78, 5) is 28.3. The maximum absolute atomic E-state index is 13.5. The lowest BCUT2D eigenvalue weighted by Gasteiger charge is -2.31. The minimum absolute atomic E-state index is 0.159. The van der Waals surface area contributed by atoms with Crippen molar-refractivity contribution in [3.05, 3.63) is 101 Å². The summed E-state index contributed by atoms with van der Waals surface area (Å²) >= 11 is 0. The third-order valence-corrected chi connectivity index (χ3v) is 5.99. The van der Waals surface area contributed by atoms with Crippen LogP contribution in [-0.4, -0.2) is 35.9 Å². The predicted molar refractivity (Wildman–Crippen MR) is 136 cm³/mol. The minimum atomic E-state index is -0.747. The predicted octanol–water partition coefficient (Wildman–Crippen LogP) is 4.99. The number of hydrogen-bond donors (Lipinski definition) is 1. The molecule has 5 nitrogen and oxygen atoms in total. The van der Waals surface area contributed by atoms with Crippen LogP contribution in [0.3, 0.4) is 0 Å². The van der Waals surface area contributed by atoms with Gasteiger partial charge in [-0.2, -0.15) is 0 Å². The van der Waals surface area contributed by atoms with Gasteiger partial charge in [-0.3, -0.25) is 9.59 Å². The van der Waals surface area contributed by atoms with Crippen molar-refractivity contribution in [3.8, 4) is 5.75 Å². The van der Waals surface area contributed by atoms with E-state index in [0.717, 1.165) is 28.7 Å². The molecule has 0 aromatic heterocycles. The number of nitrogens with zero attached hydrogens (tertiary/aromatic N) is 1. The largest absolute Gasteiger partial charge is 0.483 e. The van der Waals surface area contributed by atoms with Crippen molar-refractivity contribution in [2.24, 2.45) is 0 Å². The van der Waals surface area contributed by atoms with Gasteiger partial charge in [0.2, 0.25) is 5.91 Å². The lowest BCUT2D eigenvalue weighted by atomic mass is 10.0. The van der Waals surface area contributed by atoms with E-state index < -0.39 is 6.04 Å².